The molecule has 1 aliphatic heterocycles. The van der Waals surface area contributed by atoms with Crippen molar-refractivity contribution in [1.82, 2.24) is 24.5 Å². The van der Waals surface area contributed by atoms with Crippen LogP contribution in [0.5, 0.6) is 0 Å². The van der Waals surface area contributed by atoms with Crippen LogP contribution in [0.4, 0.5) is 0 Å². The Kier molecular flexibility index (Phi) is 3.86. The number of rotatable bonds is 2. The van der Waals surface area contributed by atoms with Crippen LogP contribution < -0.4 is 0 Å². The molecule has 1 saturated heterocycles. The minimum Gasteiger partial charge on any atom is -0.342 e. The Hall–Kier alpha value is -1.98. The topological polar surface area (TPSA) is 63.4 Å². The molecule has 1 amide bonds. The molecule has 112 valence electrons. The molecule has 0 N–H and O–H groups in total. The third kappa shape index (κ3) is 3.04. The van der Waals surface area contributed by atoms with Gasteiger partial charge in [0.25, 0.3) is 5.78 Å². The van der Waals surface area contributed by atoms with Crippen LogP contribution in [0.2, 0.25) is 0 Å². The fourth-order valence-electron chi connectivity index (χ4n) is 2.85. The lowest BCUT2D eigenvalue weighted by molar-refractivity contribution is -0.130. The number of aryl methyl sites for hydroxylation is 2. The quantitative estimate of drug-likeness (QED) is 0.843. The van der Waals surface area contributed by atoms with Gasteiger partial charge < -0.3 is 4.90 Å². The van der Waals surface area contributed by atoms with E-state index < -0.39 is 0 Å². The van der Waals surface area contributed by atoms with Gasteiger partial charge in [0.2, 0.25) is 5.91 Å². The fourth-order valence-corrected chi connectivity index (χ4v) is 2.85. The van der Waals surface area contributed by atoms with Gasteiger partial charge in [0.15, 0.2) is 5.82 Å². The summed E-state index contributed by atoms with van der Waals surface area (Å²) in [6.45, 7) is 5.63. The molecule has 1 fully saturated rings. The lowest BCUT2D eigenvalue weighted by Gasteiger charge is -2.19. The molecule has 0 atom stereocenters. The van der Waals surface area contributed by atoms with Crippen molar-refractivity contribution in [2.75, 3.05) is 13.1 Å². The van der Waals surface area contributed by atoms with Gasteiger partial charge >= 0.3 is 0 Å². The lowest BCUT2D eigenvalue weighted by atomic mass is 10.2. The average Bonchev–Trinajstić information content (AvgIpc) is 2.67. The highest BCUT2D eigenvalue weighted by atomic mass is 16.2. The SMILES string of the molecule is Cc1cc(C)n2nc(CC(=O)N3CCCCCC3)nc2n1. The first kappa shape index (κ1) is 14.0. The number of amides is 1. The Bertz CT molecular complexity index is 655. The monoisotopic (exact) mass is 287 g/mol. The van der Waals surface area contributed by atoms with Gasteiger partial charge in [0, 0.05) is 24.5 Å². The van der Waals surface area contributed by atoms with E-state index >= 15 is 0 Å². The number of aromatic nitrogens is 4. The lowest BCUT2D eigenvalue weighted by Crippen LogP contribution is -2.33. The second kappa shape index (κ2) is 5.79. The van der Waals surface area contributed by atoms with Gasteiger partial charge in [0.1, 0.15) is 0 Å². The van der Waals surface area contributed by atoms with Crippen LogP contribution in [0.25, 0.3) is 5.78 Å². The van der Waals surface area contributed by atoms with E-state index in [2.05, 4.69) is 15.1 Å². The average molecular weight is 287 g/mol. The van der Waals surface area contributed by atoms with Gasteiger partial charge in [-0.05, 0) is 32.8 Å². The molecule has 0 spiro atoms. The predicted octanol–water partition coefficient (Wildman–Crippen LogP) is 1.69. The maximum atomic E-state index is 12.4. The van der Waals surface area contributed by atoms with Gasteiger partial charge in [-0.2, -0.15) is 4.98 Å². The van der Waals surface area contributed by atoms with Crippen molar-refractivity contribution in [3.8, 4) is 0 Å². The molecular weight excluding hydrogens is 266 g/mol. The van der Waals surface area contributed by atoms with Gasteiger partial charge in [0.05, 0.1) is 6.42 Å². The molecule has 0 aliphatic carbocycles. The Morgan fingerprint density at radius 2 is 1.86 bits per heavy atom. The molecule has 3 heterocycles. The summed E-state index contributed by atoms with van der Waals surface area (Å²) in [6.07, 6.45) is 4.91. The van der Waals surface area contributed by atoms with E-state index in [1.165, 1.54) is 12.8 Å². The van der Waals surface area contributed by atoms with Crippen molar-refractivity contribution in [1.29, 1.82) is 0 Å². The van der Waals surface area contributed by atoms with E-state index in [1.807, 2.05) is 24.8 Å². The molecule has 0 aromatic carbocycles. The van der Waals surface area contributed by atoms with Crippen molar-refractivity contribution in [2.24, 2.45) is 0 Å². The zero-order valence-electron chi connectivity index (χ0n) is 12.7. The zero-order valence-corrected chi connectivity index (χ0v) is 12.7. The Morgan fingerprint density at radius 3 is 2.57 bits per heavy atom. The van der Waals surface area contributed by atoms with Crippen LogP contribution >= 0.6 is 0 Å². The Labute approximate surface area is 124 Å². The molecule has 0 bridgehead atoms. The van der Waals surface area contributed by atoms with E-state index in [4.69, 9.17) is 0 Å². The van der Waals surface area contributed by atoms with Gasteiger partial charge in [-0.25, -0.2) is 9.50 Å². The molecule has 3 rings (SSSR count). The standard InChI is InChI=1S/C15H21N5O/c1-11-9-12(2)20-15(16-11)17-13(18-20)10-14(21)19-7-5-3-4-6-8-19/h9H,3-8,10H2,1-2H3. The molecule has 2 aromatic heterocycles. The first-order chi connectivity index (χ1) is 10.1. The molecule has 1 aliphatic rings. The first-order valence-corrected chi connectivity index (χ1v) is 7.61. The first-order valence-electron chi connectivity index (χ1n) is 7.61. The van der Waals surface area contributed by atoms with Crippen molar-refractivity contribution in [2.45, 2.75) is 46.0 Å². The summed E-state index contributed by atoms with van der Waals surface area (Å²) in [5.41, 5.74) is 1.90. The number of carbonyl (C=O) groups is 1. The van der Waals surface area contributed by atoms with E-state index in [0.717, 1.165) is 37.3 Å². The van der Waals surface area contributed by atoms with Crippen molar-refractivity contribution in [3.05, 3.63) is 23.3 Å². The number of likely N-dealkylation sites (tertiary alicyclic amines) is 1. The summed E-state index contributed by atoms with van der Waals surface area (Å²) >= 11 is 0. The molecule has 0 radical (unpaired) electrons. The summed E-state index contributed by atoms with van der Waals surface area (Å²) in [7, 11) is 0. The minimum atomic E-state index is 0.127. The molecular formula is C15H21N5O. The molecule has 0 unspecified atom stereocenters. The molecule has 2 aromatic rings. The highest BCUT2D eigenvalue weighted by Crippen LogP contribution is 2.11. The summed E-state index contributed by atoms with van der Waals surface area (Å²) in [4.78, 5) is 23.1. The highest BCUT2D eigenvalue weighted by Gasteiger charge is 2.18. The normalized spacial score (nSPS) is 16.2. The predicted molar refractivity (Wildman–Crippen MR) is 79.0 cm³/mol. The van der Waals surface area contributed by atoms with Crippen LogP contribution in [0.1, 0.15) is 42.9 Å². The smallest absolute Gasteiger partial charge is 0.252 e. The Balaban J connectivity index is 1.78. The van der Waals surface area contributed by atoms with Crippen molar-refractivity contribution < 1.29 is 4.79 Å². The van der Waals surface area contributed by atoms with Crippen molar-refractivity contribution in [3.63, 3.8) is 0 Å². The fraction of sp³-hybridized carbons (Fsp3) is 0.600. The zero-order chi connectivity index (χ0) is 14.8. The summed E-state index contributed by atoms with van der Waals surface area (Å²) in [5.74, 6) is 1.26. The molecule has 6 nitrogen and oxygen atoms in total. The number of carbonyl (C=O) groups excluding carboxylic acids is 1. The third-order valence-corrected chi connectivity index (χ3v) is 3.93. The number of hydrogen-bond acceptors (Lipinski definition) is 4. The summed E-state index contributed by atoms with van der Waals surface area (Å²) in [6, 6.07) is 1.96. The molecule has 0 saturated carbocycles. The number of fused-ring (bicyclic) bond motifs is 1. The third-order valence-electron chi connectivity index (χ3n) is 3.93. The van der Waals surface area contributed by atoms with Gasteiger partial charge in [-0.15, -0.1) is 5.10 Å². The molecule has 21 heavy (non-hydrogen) atoms. The van der Waals surface area contributed by atoms with E-state index in [0.29, 0.717) is 11.6 Å². The number of nitrogens with zero attached hydrogens (tertiary/aromatic N) is 5. The van der Waals surface area contributed by atoms with Crippen molar-refractivity contribution >= 4 is 11.7 Å². The van der Waals surface area contributed by atoms with Crippen LogP contribution in [0.15, 0.2) is 6.07 Å². The highest BCUT2D eigenvalue weighted by molar-refractivity contribution is 5.78. The summed E-state index contributed by atoms with van der Waals surface area (Å²) < 4.78 is 1.71. The molecule has 6 heteroatoms. The second-order valence-corrected chi connectivity index (χ2v) is 5.75. The summed E-state index contributed by atoms with van der Waals surface area (Å²) in [5, 5.41) is 4.41. The maximum absolute atomic E-state index is 12.4. The van der Waals surface area contributed by atoms with Crippen LogP contribution in [-0.4, -0.2) is 43.5 Å². The van der Waals surface area contributed by atoms with Gasteiger partial charge in [-0.1, -0.05) is 12.8 Å². The van der Waals surface area contributed by atoms with Crippen LogP contribution in [0, 0.1) is 13.8 Å². The van der Waals surface area contributed by atoms with E-state index in [1.54, 1.807) is 4.52 Å². The second-order valence-electron chi connectivity index (χ2n) is 5.75. The van der Waals surface area contributed by atoms with Crippen LogP contribution in [-0.2, 0) is 11.2 Å². The Morgan fingerprint density at radius 1 is 1.14 bits per heavy atom. The maximum Gasteiger partial charge on any atom is 0.252 e. The van der Waals surface area contributed by atoms with Gasteiger partial charge in [-0.3, -0.25) is 4.79 Å². The van der Waals surface area contributed by atoms with Crippen LogP contribution in [0.3, 0.4) is 0 Å². The van der Waals surface area contributed by atoms with E-state index in [-0.39, 0.29) is 12.3 Å². The largest absolute Gasteiger partial charge is 0.342 e. The van der Waals surface area contributed by atoms with E-state index in [9.17, 15) is 4.79 Å². The number of hydrogen-bond donors (Lipinski definition) is 0. The minimum absolute atomic E-state index is 0.127.